The van der Waals surface area contributed by atoms with Crippen LogP contribution >= 0.6 is 0 Å². The fourth-order valence-corrected chi connectivity index (χ4v) is 1.56. The average Bonchev–Trinajstić information content (AvgIpc) is 2.19. The molecule has 0 heterocycles. The van der Waals surface area contributed by atoms with Gasteiger partial charge in [0.1, 0.15) is 0 Å². The zero-order valence-electron chi connectivity index (χ0n) is 8.03. The third-order valence-corrected chi connectivity index (χ3v) is 2.94. The van der Waals surface area contributed by atoms with Gasteiger partial charge >= 0.3 is 0 Å². The number of benzene rings is 1. The van der Waals surface area contributed by atoms with Crippen molar-refractivity contribution in [3.63, 3.8) is 0 Å². The zero-order chi connectivity index (χ0) is 10.4. The predicted molar refractivity (Wildman–Crippen MR) is 56.1 cm³/mol. The fourth-order valence-electron chi connectivity index (χ4n) is 1.05. The van der Waals surface area contributed by atoms with Gasteiger partial charge in [0.15, 0.2) is 0 Å². The summed E-state index contributed by atoms with van der Waals surface area (Å²) in [6, 6.07) is 9.73. The molecule has 5 heteroatoms. The first kappa shape index (κ1) is 11.2. The maximum atomic E-state index is 11.0. The zero-order valence-corrected chi connectivity index (χ0v) is 8.84. The lowest BCUT2D eigenvalue weighted by molar-refractivity contribution is 0.573. The second-order valence-corrected chi connectivity index (χ2v) is 4.54. The summed E-state index contributed by atoms with van der Waals surface area (Å²) in [5.41, 5.74) is 1.12. The van der Waals surface area contributed by atoms with Crippen molar-refractivity contribution in [2.24, 2.45) is 0 Å². The lowest BCUT2D eigenvalue weighted by atomic mass is 10.2. The first-order chi connectivity index (χ1) is 6.64. The molecular formula is C9H14N2O2S. The molecule has 4 nitrogen and oxygen atoms in total. The Balaban J connectivity index is 2.37. The Labute approximate surface area is 84.5 Å². The summed E-state index contributed by atoms with van der Waals surface area (Å²) in [6.07, 6.45) is 0.696. The topological polar surface area (TPSA) is 58.2 Å². The van der Waals surface area contributed by atoms with E-state index in [0.29, 0.717) is 13.0 Å². The number of hydrogen-bond acceptors (Lipinski definition) is 2. The molecule has 14 heavy (non-hydrogen) atoms. The highest BCUT2D eigenvalue weighted by atomic mass is 32.2. The van der Waals surface area contributed by atoms with E-state index >= 15 is 0 Å². The third kappa shape index (κ3) is 3.87. The van der Waals surface area contributed by atoms with Crippen LogP contribution in [0.3, 0.4) is 0 Å². The molecule has 2 N–H and O–H groups in total. The van der Waals surface area contributed by atoms with E-state index in [0.717, 1.165) is 5.56 Å². The van der Waals surface area contributed by atoms with Crippen molar-refractivity contribution < 1.29 is 8.42 Å². The van der Waals surface area contributed by atoms with E-state index in [4.69, 9.17) is 0 Å². The Bertz CT molecular complexity index is 362. The molecule has 0 spiro atoms. The average molecular weight is 214 g/mol. The van der Waals surface area contributed by atoms with Gasteiger partial charge in [0.25, 0.3) is 10.2 Å². The van der Waals surface area contributed by atoms with E-state index in [1.165, 1.54) is 7.05 Å². The maximum absolute atomic E-state index is 11.0. The Hall–Kier alpha value is -0.910. The molecule has 0 radical (unpaired) electrons. The molecule has 0 aliphatic heterocycles. The Morgan fingerprint density at radius 1 is 1.21 bits per heavy atom. The maximum Gasteiger partial charge on any atom is 0.276 e. The van der Waals surface area contributed by atoms with E-state index in [1.54, 1.807) is 0 Å². The molecule has 1 aromatic carbocycles. The predicted octanol–water partition coefficient (Wildman–Crippen LogP) is 0.283. The number of nitrogens with one attached hydrogen (secondary N) is 2. The van der Waals surface area contributed by atoms with Crippen LogP contribution in [0, 0.1) is 0 Å². The van der Waals surface area contributed by atoms with Gasteiger partial charge in [0.2, 0.25) is 0 Å². The van der Waals surface area contributed by atoms with Crippen LogP contribution in [0.5, 0.6) is 0 Å². The van der Waals surface area contributed by atoms with Crippen LogP contribution in [-0.2, 0) is 16.6 Å². The number of rotatable bonds is 5. The molecule has 0 aliphatic carbocycles. The molecule has 0 aromatic heterocycles. The number of hydrogen-bond donors (Lipinski definition) is 2. The Kier molecular flexibility index (Phi) is 4.06. The second kappa shape index (κ2) is 5.09. The van der Waals surface area contributed by atoms with Gasteiger partial charge in [-0.3, -0.25) is 0 Å². The van der Waals surface area contributed by atoms with Crippen LogP contribution in [0.4, 0.5) is 0 Å². The molecule has 0 amide bonds. The summed E-state index contributed by atoms with van der Waals surface area (Å²) < 4.78 is 26.5. The van der Waals surface area contributed by atoms with Gasteiger partial charge in [-0.1, -0.05) is 30.3 Å². The highest BCUT2D eigenvalue weighted by Gasteiger charge is 2.03. The van der Waals surface area contributed by atoms with E-state index < -0.39 is 10.2 Å². The van der Waals surface area contributed by atoms with Crippen molar-refractivity contribution >= 4 is 10.2 Å². The minimum Gasteiger partial charge on any atom is -0.205 e. The fraction of sp³-hybridized carbons (Fsp3) is 0.333. The first-order valence-electron chi connectivity index (χ1n) is 4.36. The van der Waals surface area contributed by atoms with Crippen molar-refractivity contribution in [3.05, 3.63) is 35.9 Å². The largest absolute Gasteiger partial charge is 0.276 e. The molecule has 0 unspecified atom stereocenters. The van der Waals surface area contributed by atoms with Crippen LogP contribution in [0.1, 0.15) is 5.56 Å². The smallest absolute Gasteiger partial charge is 0.205 e. The van der Waals surface area contributed by atoms with Gasteiger partial charge < -0.3 is 0 Å². The van der Waals surface area contributed by atoms with Crippen LogP contribution in [-0.4, -0.2) is 22.0 Å². The van der Waals surface area contributed by atoms with Gasteiger partial charge in [0.05, 0.1) is 0 Å². The Morgan fingerprint density at radius 3 is 2.43 bits per heavy atom. The van der Waals surface area contributed by atoms with Crippen molar-refractivity contribution in [1.29, 1.82) is 0 Å². The van der Waals surface area contributed by atoms with Crippen LogP contribution < -0.4 is 9.44 Å². The lowest BCUT2D eigenvalue weighted by Gasteiger charge is -2.04. The quantitative estimate of drug-likeness (QED) is 0.740. The van der Waals surface area contributed by atoms with Crippen molar-refractivity contribution in [3.8, 4) is 0 Å². The summed E-state index contributed by atoms with van der Waals surface area (Å²) in [5.74, 6) is 0. The van der Waals surface area contributed by atoms with Gasteiger partial charge in [-0.25, -0.2) is 9.44 Å². The summed E-state index contributed by atoms with van der Waals surface area (Å²) in [5, 5.41) is 0. The molecule has 0 fully saturated rings. The molecule has 78 valence electrons. The molecular weight excluding hydrogens is 200 g/mol. The van der Waals surface area contributed by atoms with Crippen molar-refractivity contribution in [2.45, 2.75) is 6.42 Å². The highest BCUT2D eigenvalue weighted by molar-refractivity contribution is 7.87. The molecule has 0 aliphatic rings. The molecule has 0 saturated carbocycles. The van der Waals surface area contributed by atoms with Gasteiger partial charge in [0, 0.05) is 13.6 Å². The van der Waals surface area contributed by atoms with Crippen LogP contribution in [0.15, 0.2) is 30.3 Å². The molecule has 0 saturated heterocycles. The Morgan fingerprint density at radius 2 is 1.86 bits per heavy atom. The van der Waals surface area contributed by atoms with Gasteiger partial charge in [-0.15, -0.1) is 0 Å². The molecule has 0 atom stereocenters. The van der Waals surface area contributed by atoms with E-state index in [-0.39, 0.29) is 0 Å². The minimum atomic E-state index is -3.29. The molecule has 1 rings (SSSR count). The van der Waals surface area contributed by atoms with Gasteiger partial charge in [-0.2, -0.15) is 8.42 Å². The highest BCUT2D eigenvalue weighted by Crippen LogP contribution is 1.98. The van der Waals surface area contributed by atoms with Crippen LogP contribution in [0.2, 0.25) is 0 Å². The first-order valence-corrected chi connectivity index (χ1v) is 5.84. The van der Waals surface area contributed by atoms with Crippen molar-refractivity contribution in [2.75, 3.05) is 13.6 Å². The van der Waals surface area contributed by atoms with E-state index in [1.807, 2.05) is 30.3 Å². The SMILES string of the molecule is CNS(=O)(=O)NCCc1ccccc1. The molecule has 1 aromatic rings. The summed E-state index contributed by atoms with van der Waals surface area (Å²) in [4.78, 5) is 0. The second-order valence-electron chi connectivity index (χ2n) is 2.84. The monoisotopic (exact) mass is 214 g/mol. The van der Waals surface area contributed by atoms with E-state index in [9.17, 15) is 8.42 Å². The molecule has 0 bridgehead atoms. The summed E-state index contributed by atoms with van der Waals surface area (Å²) >= 11 is 0. The van der Waals surface area contributed by atoms with E-state index in [2.05, 4.69) is 9.44 Å². The third-order valence-electron chi connectivity index (χ3n) is 1.82. The summed E-state index contributed by atoms with van der Waals surface area (Å²) in [7, 11) is -1.91. The normalized spacial score (nSPS) is 11.5. The lowest BCUT2D eigenvalue weighted by Crippen LogP contribution is -2.35. The summed E-state index contributed by atoms with van der Waals surface area (Å²) in [6.45, 7) is 0.410. The minimum absolute atomic E-state index is 0.410. The van der Waals surface area contributed by atoms with Gasteiger partial charge in [-0.05, 0) is 12.0 Å². The van der Waals surface area contributed by atoms with Crippen LogP contribution in [0.25, 0.3) is 0 Å². The standard InChI is InChI=1S/C9H14N2O2S/c1-10-14(12,13)11-8-7-9-5-3-2-4-6-9/h2-6,10-11H,7-8H2,1H3. The van der Waals surface area contributed by atoms with Crippen molar-refractivity contribution in [1.82, 2.24) is 9.44 Å².